The van der Waals surface area contributed by atoms with Crippen LogP contribution in [0.25, 0.3) is 0 Å². The fraction of sp³-hybridized carbons (Fsp3) is 0.786. The molecule has 298 valence electrons. The summed E-state index contributed by atoms with van der Waals surface area (Å²) in [5.41, 5.74) is 5.35. The summed E-state index contributed by atoms with van der Waals surface area (Å²) in [5, 5.41) is 13.6. The van der Waals surface area contributed by atoms with Crippen LogP contribution in [0.5, 0.6) is 0 Å². The summed E-state index contributed by atoms with van der Waals surface area (Å²) < 4.78 is 22.0. The van der Waals surface area contributed by atoms with Gasteiger partial charge in [-0.2, -0.15) is 0 Å². The smallest absolute Gasteiger partial charge is 0.387 e. The number of rotatable bonds is 38. The second-order valence-corrected chi connectivity index (χ2v) is 15.3. The van der Waals surface area contributed by atoms with Gasteiger partial charge in [0.1, 0.15) is 0 Å². The Bertz CT molecular complexity index is 938. The minimum atomic E-state index is -4.33. The first-order valence-electron chi connectivity index (χ1n) is 20.8. The third-order valence-corrected chi connectivity index (χ3v) is 9.88. The maximum Gasteiger partial charge on any atom is 0.472 e. The number of carbonyl (C=O) groups is 1. The Morgan fingerprint density at radius 3 is 1.57 bits per heavy atom. The largest absolute Gasteiger partial charge is 0.472 e. The van der Waals surface area contributed by atoms with E-state index in [0.717, 1.165) is 57.8 Å². The van der Waals surface area contributed by atoms with Crippen molar-refractivity contribution < 1.29 is 28.4 Å². The van der Waals surface area contributed by atoms with Crippen molar-refractivity contribution in [3.63, 3.8) is 0 Å². The monoisotopic (exact) mass is 739 g/mol. The second-order valence-electron chi connectivity index (χ2n) is 13.8. The number of unbranched alkanes of at least 4 members (excludes halogenated alkanes) is 20. The third kappa shape index (κ3) is 36.6. The molecule has 51 heavy (non-hydrogen) atoms. The number of phosphoric acid groups is 1. The Morgan fingerprint density at radius 1 is 0.647 bits per heavy atom. The van der Waals surface area contributed by atoms with Crippen LogP contribution in [0.15, 0.2) is 48.6 Å². The SMILES string of the molecule is CCCCCCC/C=C\C/C=C\C/C=C\CCCCCCCCCCC(=O)NC(COP(=O)(O)OCCN)C(O)/C=C/CCCCCCCCC. The molecule has 0 aromatic rings. The number of phosphoric ester groups is 1. The number of hydrogen-bond donors (Lipinski definition) is 4. The number of nitrogens with one attached hydrogen (secondary N) is 1. The van der Waals surface area contributed by atoms with Gasteiger partial charge in [-0.15, -0.1) is 0 Å². The normalized spacial score (nSPS) is 14.7. The highest BCUT2D eigenvalue weighted by Crippen LogP contribution is 2.43. The van der Waals surface area contributed by atoms with Crippen LogP contribution in [0.3, 0.4) is 0 Å². The zero-order chi connectivity index (χ0) is 37.5. The van der Waals surface area contributed by atoms with E-state index in [9.17, 15) is 19.4 Å². The van der Waals surface area contributed by atoms with Gasteiger partial charge in [0.2, 0.25) is 5.91 Å². The van der Waals surface area contributed by atoms with E-state index in [2.05, 4.69) is 55.6 Å². The van der Waals surface area contributed by atoms with Crippen molar-refractivity contribution >= 4 is 13.7 Å². The standard InChI is InChI=1S/C42H79N2O6P/c1-3-5-7-9-11-13-14-15-16-17-18-19-20-21-22-23-24-25-26-28-30-32-34-36-42(46)44-40(39-50-51(47,48)49-38-37-43)41(45)35-33-31-29-27-12-10-8-6-4-2/h14-15,17-18,20-21,33,35,40-41,45H,3-13,16,19,22-32,34,36-39,43H2,1-2H3,(H,44,46)(H,47,48)/b15-14-,18-17-,21-20-,35-33+. The average molecular weight is 739 g/mol. The third-order valence-electron chi connectivity index (χ3n) is 8.90. The maximum absolute atomic E-state index is 12.7. The van der Waals surface area contributed by atoms with E-state index in [-0.39, 0.29) is 25.7 Å². The summed E-state index contributed by atoms with van der Waals surface area (Å²) in [7, 11) is -4.33. The zero-order valence-electron chi connectivity index (χ0n) is 32.8. The molecule has 3 unspecified atom stereocenters. The molecule has 9 heteroatoms. The van der Waals surface area contributed by atoms with E-state index >= 15 is 0 Å². The highest BCUT2D eigenvalue weighted by molar-refractivity contribution is 7.47. The zero-order valence-corrected chi connectivity index (χ0v) is 33.7. The lowest BCUT2D eigenvalue weighted by atomic mass is 10.1. The van der Waals surface area contributed by atoms with Crippen molar-refractivity contribution in [1.29, 1.82) is 0 Å². The Labute approximate surface area is 313 Å². The Balaban J connectivity index is 4.12. The van der Waals surface area contributed by atoms with Gasteiger partial charge in [0.15, 0.2) is 0 Å². The lowest BCUT2D eigenvalue weighted by Gasteiger charge is -2.23. The molecule has 0 saturated heterocycles. The number of allylic oxidation sites excluding steroid dienone is 7. The number of carbonyl (C=O) groups excluding carboxylic acids is 1. The Kier molecular flexibility index (Phi) is 37.0. The lowest BCUT2D eigenvalue weighted by Crippen LogP contribution is -2.45. The molecule has 0 rings (SSSR count). The topological polar surface area (TPSA) is 131 Å². The van der Waals surface area contributed by atoms with Crippen LogP contribution in [0.1, 0.15) is 181 Å². The highest BCUT2D eigenvalue weighted by atomic mass is 31.2. The van der Waals surface area contributed by atoms with Crippen LogP contribution in [0.4, 0.5) is 0 Å². The lowest BCUT2D eigenvalue weighted by molar-refractivity contribution is -0.123. The molecule has 0 aromatic heterocycles. The summed E-state index contributed by atoms with van der Waals surface area (Å²) in [5.74, 6) is -0.206. The first kappa shape index (κ1) is 49.5. The van der Waals surface area contributed by atoms with Crippen LogP contribution < -0.4 is 11.1 Å². The summed E-state index contributed by atoms with van der Waals surface area (Å²) in [4.78, 5) is 22.6. The minimum absolute atomic E-state index is 0.0753. The van der Waals surface area contributed by atoms with E-state index in [1.165, 1.54) is 103 Å². The van der Waals surface area contributed by atoms with Crippen molar-refractivity contribution in [1.82, 2.24) is 5.32 Å². The van der Waals surface area contributed by atoms with Crippen molar-refractivity contribution in [2.75, 3.05) is 19.8 Å². The second kappa shape index (κ2) is 38.2. The minimum Gasteiger partial charge on any atom is -0.387 e. The molecule has 0 heterocycles. The molecule has 0 aliphatic carbocycles. The van der Waals surface area contributed by atoms with Gasteiger partial charge in [-0.1, -0.05) is 165 Å². The van der Waals surface area contributed by atoms with E-state index in [0.29, 0.717) is 6.42 Å². The molecule has 0 saturated carbocycles. The molecule has 0 spiro atoms. The average Bonchev–Trinajstić information content (AvgIpc) is 3.12. The summed E-state index contributed by atoms with van der Waals surface area (Å²) in [6, 6.07) is -0.863. The Morgan fingerprint density at radius 2 is 1.08 bits per heavy atom. The molecule has 8 nitrogen and oxygen atoms in total. The molecule has 0 fully saturated rings. The first-order valence-corrected chi connectivity index (χ1v) is 22.3. The van der Waals surface area contributed by atoms with E-state index < -0.39 is 20.0 Å². The maximum atomic E-state index is 12.7. The van der Waals surface area contributed by atoms with Crippen LogP contribution in [0.2, 0.25) is 0 Å². The molecule has 0 aromatic carbocycles. The molecular weight excluding hydrogens is 659 g/mol. The van der Waals surface area contributed by atoms with Crippen LogP contribution in [0, 0.1) is 0 Å². The van der Waals surface area contributed by atoms with Crippen LogP contribution in [-0.2, 0) is 18.4 Å². The van der Waals surface area contributed by atoms with Gasteiger partial charge in [-0.25, -0.2) is 4.57 Å². The van der Waals surface area contributed by atoms with E-state index in [4.69, 9.17) is 14.8 Å². The predicted octanol–water partition coefficient (Wildman–Crippen LogP) is 11.3. The number of nitrogens with two attached hydrogens (primary N) is 1. The molecule has 1 amide bonds. The quantitative estimate of drug-likeness (QED) is 0.0282. The highest BCUT2D eigenvalue weighted by Gasteiger charge is 2.26. The summed E-state index contributed by atoms with van der Waals surface area (Å²) in [6.45, 7) is 4.07. The van der Waals surface area contributed by atoms with Gasteiger partial charge in [-0.05, 0) is 57.8 Å². The predicted molar refractivity (Wildman–Crippen MR) is 217 cm³/mol. The van der Waals surface area contributed by atoms with Gasteiger partial charge in [0, 0.05) is 13.0 Å². The number of hydrogen-bond acceptors (Lipinski definition) is 6. The molecular formula is C42H79N2O6P. The first-order chi connectivity index (χ1) is 24.9. The summed E-state index contributed by atoms with van der Waals surface area (Å²) in [6.07, 6.45) is 45.9. The molecule has 0 aliphatic rings. The van der Waals surface area contributed by atoms with Crippen molar-refractivity contribution in [3.05, 3.63) is 48.6 Å². The van der Waals surface area contributed by atoms with E-state index in [1.54, 1.807) is 6.08 Å². The van der Waals surface area contributed by atoms with Gasteiger partial charge in [0.25, 0.3) is 0 Å². The van der Waals surface area contributed by atoms with Crippen LogP contribution >= 0.6 is 7.82 Å². The molecule has 5 N–H and O–H groups in total. The van der Waals surface area contributed by atoms with Gasteiger partial charge in [0.05, 0.1) is 25.4 Å². The van der Waals surface area contributed by atoms with Crippen molar-refractivity contribution in [2.24, 2.45) is 5.73 Å². The Hall–Kier alpha value is -1.54. The molecule has 0 bridgehead atoms. The fourth-order valence-electron chi connectivity index (χ4n) is 5.73. The van der Waals surface area contributed by atoms with Crippen LogP contribution in [-0.4, -0.2) is 47.8 Å². The van der Waals surface area contributed by atoms with Crippen molar-refractivity contribution in [3.8, 4) is 0 Å². The molecule has 3 atom stereocenters. The molecule has 0 aliphatic heterocycles. The van der Waals surface area contributed by atoms with Gasteiger partial charge >= 0.3 is 7.82 Å². The summed E-state index contributed by atoms with van der Waals surface area (Å²) >= 11 is 0. The van der Waals surface area contributed by atoms with Gasteiger partial charge < -0.3 is 21.1 Å². The molecule has 0 radical (unpaired) electrons. The number of aliphatic hydroxyl groups is 1. The van der Waals surface area contributed by atoms with Gasteiger partial charge in [-0.3, -0.25) is 13.8 Å². The number of aliphatic hydroxyl groups excluding tert-OH is 1. The fourth-order valence-corrected chi connectivity index (χ4v) is 6.49. The van der Waals surface area contributed by atoms with E-state index in [1.807, 2.05) is 6.08 Å². The number of amides is 1. The van der Waals surface area contributed by atoms with Crippen molar-refractivity contribution in [2.45, 2.75) is 193 Å².